The van der Waals surface area contributed by atoms with Crippen LogP contribution in [0.3, 0.4) is 0 Å². The average molecular weight is 516 g/mol. The van der Waals surface area contributed by atoms with Crippen LogP contribution in [-0.2, 0) is 4.79 Å². The Balaban J connectivity index is 1.55. The Morgan fingerprint density at radius 1 is 0.921 bits per heavy atom. The summed E-state index contributed by atoms with van der Waals surface area (Å²) in [6.45, 7) is 0.0309. The van der Waals surface area contributed by atoms with E-state index in [2.05, 4.69) is 34.2 Å². The summed E-state index contributed by atoms with van der Waals surface area (Å²) < 4.78 is 13.6. The van der Waals surface area contributed by atoms with Crippen molar-refractivity contribution in [3.63, 3.8) is 0 Å². The van der Waals surface area contributed by atoms with Crippen LogP contribution in [0.4, 0.5) is 14.9 Å². The van der Waals surface area contributed by atoms with Crippen molar-refractivity contribution >= 4 is 29.2 Å². The van der Waals surface area contributed by atoms with E-state index in [1.54, 1.807) is 30.3 Å². The van der Waals surface area contributed by atoms with E-state index in [9.17, 15) is 18.8 Å². The minimum Gasteiger partial charge on any atom is -0.481 e. The maximum absolute atomic E-state index is 13.6. The van der Waals surface area contributed by atoms with E-state index < -0.39 is 23.9 Å². The fourth-order valence-corrected chi connectivity index (χ4v) is 4.43. The first kappa shape index (κ1) is 26.6. The molecular formula is C30H30FN3O4. The van der Waals surface area contributed by atoms with E-state index in [1.165, 1.54) is 36.6 Å². The second-order valence-corrected chi connectivity index (χ2v) is 9.16. The number of carbonyl (C=O) groups excluding carboxylic acids is 2. The Morgan fingerprint density at radius 2 is 1.63 bits per heavy atom. The number of urea groups is 1. The van der Waals surface area contributed by atoms with Crippen LogP contribution in [0.2, 0.25) is 0 Å². The first-order valence-corrected chi connectivity index (χ1v) is 12.6. The highest BCUT2D eigenvalue weighted by molar-refractivity contribution is 5.94. The molecule has 4 N–H and O–H groups in total. The Labute approximate surface area is 220 Å². The van der Waals surface area contributed by atoms with Crippen molar-refractivity contribution in [3.05, 3.63) is 107 Å². The molecule has 0 saturated heterocycles. The number of carboxylic acid groups (broad SMARTS) is 1. The minimum absolute atomic E-state index is 0.0309. The van der Waals surface area contributed by atoms with E-state index in [0.717, 1.165) is 29.5 Å². The Kier molecular flexibility index (Phi) is 8.87. The summed E-state index contributed by atoms with van der Waals surface area (Å²) in [5, 5.41) is 17.0. The van der Waals surface area contributed by atoms with Gasteiger partial charge in [-0.2, -0.15) is 0 Å². The molecule has 1 atom stereocenters. The molecule has 0 heterocycles. The lowest BCUT2D eigenvalue weighted by Crippen LogP contribution is -2.33. The van der Waals surface area contributed by atoms with Gasteiger partial charge in [-0.1, -0.05) is 48.5 Å². The number of carbonyl (C=O) groups is 3. The lowest BCUT2D eigenvalue weighted by atomic mass is 9.91. The third-order valence-electron chi connectivity index (χ3n) is 6.39. The monoisotopic (exact) mass is 515 g/mol. The molecule has 3 aromatic rings. The van der Waals surface area contributed by atoms with Gasteiger partial charge in [-0.25, -0.2) is 9.18 Å². The normalized spacial score (nSPS) is 13.7. The topological polar surface area (TPSA) is 108 Å². The smallest absolute Gasteiger partial charge is 0.319 e. The molecule has 0 fully saturated rings. The zero-order valence-electron chi connectivity index (χ0n) is 20.9. The second-order valence-electron chi connectivity index (χ2n) is 9.16. The van der Waals surface area contributed by atoms with Crippen LogP contribution >= 0.6 is 0 Å². The number of amides is 3. The molecule has 0 aliphatic heterocycles. The summed E-state index contributed by atoms with van der Waals surface area (Å²) in [5.41, 5.74) is 4.78. The first-order chi connectivity index (χ1) is 18.4. The molecule has 196 valence electrons. The number of allylic oxidation sites excluding steroid dienone is 2. The molecule has 3 aromatic carbocycles. The van der Waals surface area contributed by atoms with Crippen molar-refractivity contribution in [1.29, 1.82) is 0 Å². The maximum atomic E-state index is 13.6. The fourth-order valence-electron chi connectivity index (χ4n) is 4.43. The van der Waals surface area contributed by atoms with Crippen molar-refractivity contribution < 1.29 is 23.9 Å². The summed E-state index contributed by atoms with van der Waals surface area (Å²) in [7, 11) is 0. The van der Waals surface area contributed by atoms with Crippen molar-refractivity contribution in [2.24, 2.45) is 0 Å². The molecule has 0 bridgehead atoms. The van der Waals surface area contributed by atoms with E-state index in [1.807, 2.05) is 12.1 Å². The van der Waals surface area contributed by atoms with E-state index in [0.29, 0.717) is 11.3 Å². The molecule has 7 nitrogen and oxygen atoms in total. The standard InChI is InChI=1S/C30H30FN3O4/c31-25-7-4-8-26(19-25)33-30(38)34-28(22-11-9-21(10-12-22)20-5-2-1-3-6-20)23-13-15-24(16-14-23)29(37)32-18-17-27(35)36/h4-5,7-16,19,28H,1-3,6,17-18H2,(H,32,37)(H,35,36)(H2,33,34,38). The number of hydrogen-bond donors (Lipinski definition) is 4. The van der Waals surface area contributed by atoms with Crippen LogP contribution in [0.25, 0.3) is 5.57 Å². The maximum Gasteiger partial charge on any atom is 0.319 e. The summed E-state index contributed by atoms with van der Waals surface area (Å²) in [6.07, 6.45) is 6.63. The van der Waals surface area contributed by atoms with Crippen molar-refractivity contribution in [3.8, 4) is 0 Å². The highest BCUT2D eigenvalue weighted by Crippen LogP contribution is 2.29. The molecule has 8 heteroatoms. The van der Waals surface area contributed by atoms with E-state index >= 15 is 0 Å². The Hall–Kier alpha value is -4.46. The van der Waals surface area contributed by atoms with Crippen LogP contribution in [0.1, 0.15) is 65.2 Å². The predicted octanol–water partition coefficient (Wildman–Crippen LogP) is 5.90. The van der Waals surface area contributed by atoms with Crippen molar-refractivity contribution in [2.45, 2.75) is 38.1 Å². The van der Waals surface area contributed by atoms with Gasteiger partial charge >= 0.3 is 12.0 Å². The fraction of sp³-hybridized carbons (Fsp3) is 0.233. The Morgan fingerprint density at radius 3 is 2.26 bits per heavy atom. The van der Waals surface area contributed by atoms with Gasteiger partial charge in [0.25, 0.3) is 5.91 Å². The van der Waals surface area contributed by atoms with Gasteiger partial charge in [0.15, 0.2) is 0 Å². The van der Waals surface area contributed by atoms with Crippen LogP contribution < -0.4 is 16.0 Å². The highest BCUT2D eigenvalue weighted by atomic mass is 19.1. The number of carboxylic acids is 1. The molecule has 3 amide bonds. The molecule has 38 heavy (non-hydrogen) atoms. The minimum atomic E-state index is -0.989. The van der Waals surface area contributed by atoms with Gasteiger partial charge in [-0.3, -0.25) is 9.59 Å². The Bertz CT molecular complexity index is 1320. The molecule has 1 aliphatic carbocycles. The lowest BCUT2D eigenvalue weighted by molar-refractivity contribution is -0.136. The quantitative estimate of drug-likeness (QED) is 0.285. The third-order valence-corrected chi connectivity index (χ3v) is 6.39. The number of hydrogen-bond acceptors (Lipinski definition) is 3. The average Bonchev–Trinajstić information content (AvgIpc) is 2.92. The highest BCUT2D eigenvalue weighted by Gasteiger charge is 2.19. The van der Waals surface area contributed by atoms with Gasteiger partial charge in [0, 0.05) is 17.8 Å². The predicted molar refractivity (Wildman–Crippen MR) is 144 cm³/mol. The van der Waals surface area contributed by atoms with Crippen LogP contribution in [-0.4, -0.2) is 29.6 Å². The van der Waals surface area contributed by atoms with Crippen LogP contribution in [0.15, 0.2) is 78.9 Å². The number of halogens is 1. The molecule has 0 spiro atoms. The summed E-state index contributed by atoms with van der Waals surface area (Å²) in [5.74, 6) is -1.82. The van der Waals surface area contributed by atoms with Crippen LogP contribution in [0, 0.1) is 5.82 Å². The molecule has 1 aliphatic rings. The van der Waals surface area contributed by atoms with Gasteiger partial charge < -0.3 is 21.1 Å². The van der Waals surface area contributed by atoms with E-state index in [4.69, 9.17) is 5.11 Å². The number of rotatable bonds is 9. The largest absolute Gasteiger partial charge is 0.481 e. The molecule has 4 rings (SSSR count). The zero-order chi connectivity index (χ0) is 26.9. The molecule has 0 saturated carbocycles. The number of benzene rings is 3. The van der Waals surface area contributed by atoms with Crippen LogP contribution in [0.5, 0.6) is 0 Å². The van der Waals surface area contributed by atoms with Gasteiger partial charge in [0.1, 0.15) is 5.82 Å². The number of aliphatic carboxylic acids is 1. The second kappa shape index (κ2) is 12.7. The van der Waals surface area contributed by atoms with Gasteiger partial charge in [0.2, 0.25) is 0 Å². The molecular weight excluding hydrogens is 485 g/mol. The number of anilines is 1. The zero-order valence-corrected chi connectivity index (χ0v) is 20.9. The summed E-state index contributed by atoms with van der Waals surface area (Å²) in [4.78, 5) is 35.9. The summed E-state index contributed by atoms with van der Waals surface area (Å²) >= 11 is 0. The van der Waals surface area contributed by atoms with Gasteiger partial charge in [-0.15, -0.1) is 0 Å². The lowest BCUT2D eigenvalue weighted by Gasteiger charge is -2.21. The van der Waals surface area contributed by atoms with Gasteiger partial charge in [0.05, 0.1) is 12.5 Å². The summed E-state index contributed by atoms with van der Waals surface area (Å²) in [6, 6.07) is 19.4. The third kappa shape index (κ3) is 7.29. The first-order valence-electron chi connectivity index (χ1n) is 12.6. The van der Waals surface area contributed by atoms with Crippen molar-refractivity contribution in [1.82, 2.24) is 10.6 Å². The van der Waals surface area contributed by atoms with Crippen molar-refractivity contribution in [2.75, 3.05) is 11.9 Å². The molecule has 0 aromatic heterocycles. The van der Waals surface area contributed by atoms with Gasteiger partial charge in [-0.05, 0) is 78.3 Å². The SMILES string of the molecule is O=C(O)CCNC(=O)c1ccc(C(NC(=O)Nc2cccc(F)c2)c2ccc(C3=CCCCC3)cc2)cc1. The van der Waals surface area contributed by atoms with E-state index in [-0.39, 0.29) is 18.9 Å². The molecule has 0 radical (unpaired) electrons. The number of nitrogens with one attached hydrogen (secondary N) is 3. The molecule has 1 unspecified atom stereocenters.